The van der Waals surface area contributed by atoms with Crippen LogP contribution in [-0.2, 0) is 24.0 Å². The zero-order valence-corrected chi connectivity index (χ0v) is 22.1. The van der Waals surface area contributed by atoms with E-state index in [0.717, 1.165) is 36.9 Å². The number of hydrogen-bond donors (Lipinski definition) is 6. The summed E-state index contributed by atoms with van der Waals surface area (Å²) in [7, 11) is 1.62. The van der Waals surface area contributed by atoms with Crippen molar-refractivity contribution in [3.05, 3.63) is 0 Å². The molecule has 0 bridgehead atoms. The summed E-state index contributed by atoms with van der Waals surface area (Å²) < 4.78 is 0. The molecule has 3 rings (SSSR count). The topological polar surface area (TPSA) is 216 Å². The lowest BCUT2D eigenvalue weighted by molar-refractivity contribution is -0.175. The van der Waals surface area contributed by atoms with Gasteiger partial charge in [-0.3, -0.25) is 29.0 Å². The Balaban J connectivity index is 1.52. The number of carbonyl (C=O) groups excluding carboxylic acids is 5. The molecule has 0 radical (unpaired) electrons. The fourth-order valence-corrected chi connectivity index (χ4v) is 5.20. The third kappa shape index (κ3) is 8.12. The minimum Gasteiger partial charge on any atom is -0.481 e. The average Bonchev–Trinajstić information content (AvgIpc) is 3.03. The SMILES string of the molecule is CNC(=O)C1CCC(CNC(=O)N/N=C/[C@H](CC(=O)O)NC(=O)[C@@H]2CCCN3C(=O)CC[C@H](N)C(=O)N23)CC1. The molecule has 0 aromatic heterocycles. The number of carboxylic acid groups (broad SMARTS) is 1. The van der Waals surface area contributed by atoms with Crippen molar-refractivity contribution >= 4 is 41.8 Å². The molecule has 2 saturated heterocycles. The van der Waals surface area contributed by atoms with Crippen molar-refractivity contribution in [2.75, 3.05) is 20.1 Å². The summed E-state index contributed by atoms with van der Waals surface area (Å²) in [5, 5.41) is 23.3. The van der Waals surface area contributed by atoms with Gasteiger partial charge in [0.15, 0.2) is 0 Å². The summed E-state index contributed by atoms with van der Waals surface area (Å²) in [6.45, 7) is 0.690. The van der Waals surface area contributed by atoms with E-state index in [9.17, 15) is 33.9 Å². The van der Waals surface area contributed by atoms with Crippen molar-refractivity contribution in [3.63, 3.8) is 0 Å². The molecule has 15 nitrogen and oxygen atoms in total. The van der Waals surface area contributed by atoms with Crippen LogP contribution in [0, 0.1) is 11.8 Å². The molecule has 0 aromatic carbocycles. The molecule has 3 fully saturated rings. The number of nitrogens with zero attached hydrogens (tertiary/aromatic N) is 3. The molecule has 2 aliphatic heterocycles. The number of carbonyl (C=O) groups is 6. The van der Waals surface area contributed by atoms with Gasteiger partial charge in [-0.1, -0.05) is 0 Å². The van der Waals surface area contributed by atoms with Gasteiger partial charge in [-0.25, -0.2) is 15.2 Å². The van der Waals surface area contributed by atoms with Gasteiger partial charge in [-0.05, 0) is 50.9 Å². The number of carboxylic acids is 1. The van der Waals surface area contributed by atoms with Gasteiger partial charge >= 0.3 is 12.0 Å². The van der Waals surface area contributed by atoms with Crippen LogP contribution in [0.25, 0.3) is 0 Å². The molecule has 15 heteroatoms. The van der Waals surface area contributed by atoms with Crippen LogP contribution in [0.1, 0.15) is 57.8 Å². The third-order valence-corrected chi connectivity index (χ3v) is 7.36. The Hall–Kier alpha value is -3.75. The largest absolute Gasteiger partial charge is 0.481 e. The van der Waals surface area contributed by atoms with E-state index in [2.05, 4.69) is 26.5 Å². The van der Waals surface area contributed by atoms with E-state index < -0.39 is 48.4 Å². The van der Waals surface area contributed by atoms with E-state index in [4.69, 9.17) is 5.73 Å². The molecule has 2 heterocycles. The van der Waals surface area contributed by atoms with Crippen molar-refractivity contribution < 1.29 is 33.9 Å². The molecule has 0 spiro atoms. The van der Waals surface area contributed by atoms with Crippen molar-refractivity contribution in [1.29, 1.82) is 0 Å². The number of nitrogens with two attached hydrogens (primary N) is 1. The first-order valence-corrected chi connectivity index (χ1v) is 13.3. The molecule has 216 valence electrons. The number of hydrogen-bond acceptors (Lipinski definition) is 8. The predicted octanol–water partition coefficient (Wildman–Crippen LogP) is -1.36. The van der Waals surface area contributed by atoms with Crippen LogP contribution in [0.2, 0.25) is 0 Å². The Morgan fingerprint density at radius 3 is 2.49 bits per heavy atom. The van der Waals surface area contributed by atoms with Gasteiger partial charge in [0.05, 0.1) is 18.5 Å². The summed E-state index contributed by atoms with van der Waals surface area (Å²) in [4.78, 5) is 73.7. The molecular weight excluding hydrogens is 512 g/mol. The normalized spacial score (nSPS) is 26.3. The third-order valence-electron chi connectivity index (χ3n) is 7.36. The second-order valence-corrected chi connectivity index (χ2v) is 10.1. The van der Waals surface area contributed by atoms with E-state index in [1.165, 1.54) is 5.01 Å². The van der Waals surface area contributed by atoms with Crippen LogP contribution in [0.4, 0.5) is 4.79 Å². The summed E-state index contributed by atoms with van der Waals surface area (Å²) in [6, 6.07) is -3.63. The molecule has 3 aliphatic rings. The van der Waals surface area contributed by atoms with Crippen LogP contribution in [0.3, 0.4) is 0 Å². The maximum atomic E-state index is 13.1. The average molecular weight is 551 g/mol. The summed E-state index contributed by atoms with van der Waals surface area (Å²) in [5.74, 6) is -2.43. The lowest BCUT2D eigenvalue weighted by Crippen LogP contribution is -2.63. The Labute approximate surface area is 226 Å². The quantitative estimate of drug-likeness (QED) is 0.148. The fourth-order valence-electron chi connectivity index (χ4n) is 5.20. The second kappa shape index (κ2) is 13.9. The Bertz CT molecular complexity index is 982. The van der Waals surface area contributed by atoms with E-state index in [1.54, 1.807) is 7.05 Å². The Morgan fingerprint density at radius 2 is 1.82 bits per heavy atom. The number of fused-ring (bicyclic) bond motifs is 1. The van der Waals surface area contributed by atoms with Crippen molar-refractivity contribution in [2.24, 2.45) is 22.7 Å². The highest BCUT2D eigenvalue weighted by molar-refractivity contribution is 5.94. The summed E-state index contributed by atoms with van der Waals surface area (Å²) >= 11 is 0. The highest BCUT2D eigenvalue weighted by Crippen LogP contribution is 2.28. The number of amides is 6. The van der Waals surface area contributed by atoms with Gasteiger partial charge in [0.25, 0.3) is 5.91 Å². The Morgan fingerprint density at radius 1 is 1.10 bits per heavy atom. The second-order valence-electron chi connectivity index (χ2n) is 10.1. The zero-order chi connectivity index (χ0) is 28.5. The molecule has 1 saturated carbocycles. The van der Waals surface area contributed by atoms with E-state index in [-0.39, 0.29) is 49.5 Å². The van der Waals surface area contributed by atoms with Crippen molar-refractivity contribution in [2.45, 2.75) is 75.9 Å². The van der Waals surface area contributed by atoms with Gasteiger partial charge in [0, 0.05) is 38.7 Å². The number of rotatable bonds is 9. The smallest absolute Gasteiger partial charge is 0.335 e. The van der Waals surface area contributed by atoms with E-state index in [0.29, 0.717) is 13.0 Å². The highest BCUT2D eigenvalue weighted by atomic mass is 16.4. The molecule has 39 heavy (non-hydrogen) atoms. The van der Waals surface area contributed by atoms with Gasteiger partial charge in [0.1, 0.15) is 6.04 Å². The number of hydrazine groups is 1. The van der Waals surface area contributed by atoms with Gasteiger partial charge in [-0.15, -0.1) is 0 Å². The fraction of sp³-hybridized carbons (Fsp3) is 0.708. The summed E-state index contributed by atoms with van der Waals surface area (Å²) in [5.41, 5.74) is 8.17. The molecule has 1 aliphatic carbocycles. The zero-order valence-electron chi connectivity index (χ0n) is 22.1. The monoisotopic (exact) mass is 550 g/mol. The van der Waals surface area contributed by atoms with Gasteiger partial charge in [0.2, 0.25) is 17.7 Å². The first kappa shape index (κ1) is 29.8. The summed E-state index contributed by atoms with van der Waals surface area (Å²) in [6.07, 6.45) is 4.74. The Kier molecular flexibility index (Phi) is 10.6. The predicted molar refractivity (Wildman–Crippen MR) is 138 cm³/mol. The molecule has 3 atom stereocenters. The molecule has 0 unspecified atom stereocenters. The molecular formula is C24H38N8O7. The molecule has 6 amide bonds. The van der Waals surface area contributed by atoms with Crippen LogP contribution >= 0.6 is 0 Å². The van der Waals surface area contributed by atoms with Crippen molar-refractivity contribution in [1.82, 2.24) is 31.4 Å². The number of urea groups is 1. The minimum absolute atomic E-state index is 0.00237. The van der Waals surface area contributed by atoms with Crippen LogP contribution in [-0.4, -0.2) is 95.2 Å². The van der Waals surface area contributed by atoms with Crippen LogP contribution in [0.5, 0.6) is 0 Å². The molecule has 7 N–H and O–H groups in total. The number of hydrazone groups is 1. The lowest BCUT2D eigenvalue weighted by atomic mass is 9.81. The molecule has 0 aromatic rings. The number of nitrogens with one attached hydrogen (secondary N) is 4. The minimum atomic E-state index is -1.21. The van der Waals surface area contributed by atoms with Gasteiger partial charge < -0.3 is 26.8 Å². The van der Waals surface area contributed by atoms with Gasteiger partial charge in [-0.2, -0.15) is 5.10 Å². The van der Waals surface area contributed by atoms with Crippen LogP contribution in [0.15, 0.2) is 5.10 Å². The van der Waals surface area contributed by atoms with E-state index >= 15 is 0 Å². The maximum absolute atomic E-state index is 13.1. The standard InChI is InChI=1S/C24H38N8O7/c1-26-21(36)15-6-4-14(5-7-15)12-27-24(39)30-28-13-16(11-20(34)35)29-22(37)18-3-2-10-31-19(33)9-8-17(25)23(38)32(18)31/h13-18H,2-12,25H2,1H3,(H,26,36)(H,29,37)(H,34,35)(H2,27,30,39)/b28-13+/t14?,15?,16-,17-,18-/m0/s1. The highest BCUT2D eigenvalue weighted by Gasteiger charge is 2.43. The first-order valence-electron chi connectivity index (χ1n) is 13.3. The number of aliphatic carboxylic acids is 1. The first-order chi connectivity index (χ1) is 18.6. The van der Waals surface area contributed by atoms with Crippen LogP contribution < -0.4 is 27.1 Å². The van der Waals surface area contributed by atoms with Crippen molar-refractivity contribution in [3.8, 4) is 0 Å². The van der Waals surface area contributed by atoms with E-state index in [1.807, 2.05) is 0 Å². The lowest BCUT2D eigenvalue weighted by Gasteiger charge is -2.42. The maximum Gasteiger partial charge on any atom is 0.335 e.